The summed E-state index contributed by atoms with van der Waals surface area (Å²) < 4.78 is 6.02. The Morgan fingerprint density at radius 3 is 2.55 bits per heavy atom. The molecule has 1 unspecified atom stereocenters. The topological polar surface area (TPSA) is 75.4 Å². The molecule has 6 nitrogen and oxygen atoms in total. The van der Waals surface area contributed by atoms with E-state index in [0.717, 1.165) is 43.4 Å². The van der Waals surface area contributed by atoms with Gasteiger partial charge < -0.3 is 14.6 Å². The minimum Gasteiger partial charge on any atom is -0.440 e. The van der Waals surface area contributed by atoms with Crippen molar-refractivity contribution in [2.45, 2.75) is 57.9 Å². The summed E-state index contributed by atoms with van der Waals surface area (Å²) in [4.78, 5) is 32.7. The molecule has 6 heteroatoms. The Balaban J connectivity index is 1.36. The number of aromatic nitrogens is 1. The lowest BCUT2D eigenvalue weighted by atomic mass is 10.0. The molecule has 3 aromatic rings. The van der Waals surface area contributed by atoms with Gasteiger partial charge in [0.05, 0.1) is 0 Å². The first kappa shape index (κ1) is 21.4. The van der Waals surface area contributed by atoms with Crippen molar-refractivity contribution in [1.29, 1.82) is 0 Å². The molecule has 33 heavy (non-hydrogen) atoms. The molecule has 1 saturated heterocycles. The number of rotatable bonds is 5. The SMILES string of the molecule is Cc1cc(C(=O)N2CCCCC2C)ccc1NC(=O)c1nc(-c2ccccc2)oc1C1CC1. The summed E-state index contributed by atoms with van der Waals surface area (Å²) in [6.45, 7) is 4.82. The third kappa shape index (κ3) is 4.42. The number of piperidine rings is 1. The average Bonchev–Trinajstić information content (AvgIpc) is 3.58. The van der Waals surface area contributed by atoms with Crippen molar-refractivity contribution in [1.82, 2.24) is 9.88 Å². The zero-order valence-corrected chi connectivity index (χ0v) is 19.1. The Hall–Kier alpha value is -3.41. The third-order valence-electron chi connectivity index (χ3n) is 6.62. The van der Waals surface area contributed by atoms with Crippen molar-refractivity contribution in [3.05, 3.63) is 71.1 Å². The van der Waals surface area contributed by atoms with Crippen LogP contribution in [0.15, 0.2) is 52.9 Å². The van der Waals surface area contributed by atoms with Crippen LogP contribution < -0.4 is 5.32 Å². The first-order chi connectivity index (χ1) is 16.0. The van der Waals surface area contributed by atoms with E-state index >= 15 is 0 Å². The van der Waals surface area contributed by atoms with Crippen LogP contribution in [0.1, 0.15) is 77.1 Å². The molecule has 1 aromatic heterocycles. The molecule has 1 atom stereocenters. The predicted octanol–water partition coefficient (Wildman–Crippen LogP) is 5.79. The highest BCUT2D eigenvalue weighted by molar-refractivity contribution is 6.05. The van der Waals surface area contributed by atoms with E-state index in [9.17, 15) is 9.59 Å². The molecule has 2 heterocycles. The highest BCUT2D eigenvalue weighted by atomic mass is 16.4. The highest BCUT2D eigenvalue weighted by Gasteiger charge is 2.34. The number of hydrogen-bond acceptors (Lipinski definition) is 4. The van der Waals surface area contributed by atoms with Crippen LogP contribution >= 0.6 is 0 Å². The van der Waals surface area contributed by atoms with Gasteiger partial charge in [0.1, 0.15) is 5.76 Å². The van der Waals surface area contributed by atoms with E-state index in [-0.39, 0.29) is 23.8 Å². The van der Waals surface area contributed by atoms with Gasteiger partial charge in [-0.25, -0.2) is 4.98 Å². The first-order valence-corrected chi connectivity index (χ1v) is 11.8. The van der Waals surface area contributed by atoms with Crippen molar-refractivity contribution in [3.63, 3.8) is 0 Å². The number of likely N-dealkylation sites (tertiary alicyclic amines) is 1. The summed E-state index contributed by atoms with van der Waals surface area (Å²) in [6, 6.07) is 15.4. The van der Waals surface area contributed by atoms with Crippen LogP contribution in [0.4, 0.5) is 5.69 Å². The van der Waals surface area contributed by atoms with Crippen LogP contribution in [-0.4, -0.2) is 34.3 Å². The maximum absolute atomic E-state index is 13.2. The molecular weight excluding hydrogens is 414 g/mol. The molecule has 170 valence electrons. The lowest BCUT2D eigenvalue weighted by Gasteiger charge is -2.33. The zero-order valence-electron chi connectivity index (χ0n) is 19.1. The summed E-state index contributed by atoms with van der Waals surface area (Å²) in [5.74, 6) is 1.16. The first-order valence-electron chi connectivity index (χ1n) is 11.8. The zero-order chi connectivity index (χ0) is 22.9. The lowest BCUT2D eigenvalue weighted by Crippen LogP contribution is -2.42. The Kier molecular flexibility index (Phi) is 5.75. The average molecular weight is 444 g/mol. The number of carbonyl (C=O) groups is 2. The van der Waals surface area contributed by atoms with Crippen molar-refractivity contribution >= 4 is 17.5 Å². The molecule has 1 aliphatic carbocycles. The largest absolute Gasteiger partial charge is 0.440 e. The monoisotopic (exact) mass is 443 g/mol. The van der Waals surface area contributed by atoms with Crippen molar-refractivity contribution in [2.75, 3.05) is 11.9 Å². The summed E-state index contributed by atoms with van der Waals surface area (Å²) in [5.41, 5.74) is 3.38. The van der Waals surface area contributed by atoms with Gasteiger partial charge in [0, 0.05) is 35.3 Å². The van der Waals surface area contributed by atoms with Crippen LogP contribution in [0.25, 0.3) is 11.5 Å². The van der Waals surface area contributed by atoms with Crippen LogP contribution in [0.5, 0.6) is 0 Å². The summed E-state index contributed by atoms with van der Waals surface area (Å²) in [6.07, 6.45) is 5.29. The number of anilines is 1. The minimum atomic E-state index is -0.283. The normalized spacial score (nSPS) is 18.2. The number of oxazole rings is 1. The Morgan fingerprint density at radius 2 is 1.85 bits per heavy atom. The van der Waals surface area contributed by atoms with Gasteiger partial charge in [-0.15, -0.1) is 0 Å². The number of amides is 2. The van der Waals surface area contributed by atoms with Crippen molar-refractivity contribution < 1.29 is 14.0 Å². The quantitative estimate of drug-likeness (QED) is 0.541. The molecule has 2 fully saturated rings. The fourth-order valence-corrected chi connectivity index (χ4v) is 4.51. The molecule has 5 rings (SSSR count). The second-order valence-corrected chi connectivity index (χ2v) is 9.20. The van der Waals surface area contributed by atoms with Gasteiger partial charge in [0.2, 0.25) is 5.89 Å². The molecule has 1 saturated carbocycles. The van der Waals surface area contributed by atoms with Gasteiger partial charge in [0.25, 0.3) is 11.8 Å². The van der Waals surface area contributed by atoms with Gasteiger partial charge >= 0.3 is 0 Å². The van der Waals surface area contributed by atoms with Gasteiger partial charge in [-0.05, 0) is 81.8 Å². The number of aryl methyl sites for hydroxylation is 1. The number of nitrogens with zero attached hydrogens (tertiary/aromatic N) is 2. The fraction of sp³-hybridized carbons (Fsp3) is 0.370. The van der Waals surface area contributed by atoms with E-state index in [4.69, 9.17) is 4.42 Å². The Labute approximate surface area is 194 Å². The van der Waals surface area contributed by atoms with E-state index in [0.29, 0.717) is 28.6 Å². The van der Waals surface area contributed by atoms with Crippen molar-refractivity contribution in [3.8, 4) is 11.5 Å². The van der Waals surface area contributed by atoms with Gasteiger partial charge in [-0.3, -0.25) is 9.59 Å². The minimum absolute atomic E-state index is 0.0585. The van der Waals surface area contributed by atoms with Crippen molar-refractivity contribution in [2.24, 2.45) is 0 Å². The maximum atomic E-state index is 13.2. The Morgan fingerprint density at radius 1 is 1.06 bits per heavy atom. The summed E-state index contributed by atoms with van der Waals surface area (Å²) >= 11 is 0. The lowest BCUT2D eigenvalue weighted by molar-refractivity contribution is 0.0635. The van der Waals surface area contributed by atoms with Crippen LogP contribution in [0.2, 0.25) is 0 Å². The fourth-order valence-electron chi connectivity index (χ4n) is 4.51. The predicted molar refractivity (Wildman–Crippen MR) is 127 cm³/mol. The third-order valence-corrected chi connectivity index (χ3v) is 6.62. The summed E-state index contributed by atoms with van der Waals surface area (Å²) in [5, 5.41) is 2.98. The molecule has 1 N–H and O–H groups in total. The number of hydrogen-bond donors (Lipinski definition) is 1. The number of carbonyl (C=O) groups excluding carboxylic acids is 2. The smallest absolute Gasteiger partial charge is 0.277 e. The van der Waals surface area contributed by atoms with Crippen LogP contribution in [-0.2, 0) is 0 Å². The van der Waals surface area contributed by atoms with E-state index in [1.165, 1.54) is 6.42 Å². The molecule has 2 aliphatic rings. The number of nitrogens with one attached hydrogen (secondary N) is 1. The second-order valence-electron chi connectivity index (χ2n) is 9.20. The standard InChI is InChI=1S/C27H29N3O3/c1-17-16-21(27(32)30-15-7-6-8-18(30)2)13-14-22(17)28-25(31)23-24(19-11-12-19)33-26(29-23)20-9-4-3-5-10-20/h3-5,9-10,13-14,16,18-19H,6-8,11-12,15H2,1-2H3,(H,28,31). The Bertz CT molecular complexity index is 1180. The highest BCUT2D eigenvalue weighted by Crippen LogP contribution is 2.43. The second kappa shape index (κ2) is 8.85. The molecule has 2 amide bonds. The van der Waals surface area contributed by atoms with E-state index in [1.807, 2.05) is 54.3 Å². The number of benzene rings is 2. The van der Waals surface area contributed by atoms with Crippen LogP contribution in [0.3, 0.4) is 0 Å². The van der Waals surface area contributed by atoms with Gasteiger partial charge in [-0.2, -0.15) is 0 Å². The molecule has 2 aromatic carbocycles. The summed E-state index contributed by atoms with van der Waals surface area (Å²) in [7, 11) is 0. The molecular formula is C27H29N3O3. The molecule has 0 radical (unpaired) electrons. The van der Waals surface area contributed by atoms with Gasteiger partial charge in [-0.1, -0.05) is 18.2 Å². The molecule has 0 spiro atoms. The van der Waals surface area contributed by atoms with Gasteiger partial charge in [0.15, 0.2) is 5.69 Å². The molecule has 1 aliphatic heterocycles. The van der Waals surface area contributed by atoms with E-state index in [2.05, 4.69) is 17.2 Å². The van der Waals surface area contributed by atoms with E-state index in [1.54, 1.807) is 6.07 Å². The molecule has 0 bridgehead atoms. The van der Waals surface area contributed by atoms with E-state index < -0.39 is 0 Å². The maximum Gasteiger partial charge on any atom is 0.277 e. The van der Waals surface area contributed by atoms with Crippen LogP contribution in [0, 0.1) is 6.92 Å².